The van der Waals surface area contributed by atoms with Crippen LogP contribution in [0.5, 0.6) is 5.75 Å². The van der Waals surface area contributed by atoms with Gasteiger partial charge in [0, 0.05) is 15.8 Å². The lowest BCUT2D eigenvalue weighted by Gasteiger charge is -2.09. The Morgan fingerprint density at radius 1 is 1.33 bits per heavy atom. The molecule has 3 nitrogen and oxygen atoms in total. The van der Waals surface area contributed by atoms with E-state index in [1.54, 1.807) is 18.4 Å². The molecule has 0 aliphatic heterocycles. The molecule has 0 fully saturated rings. The molecule has 0 aliphatic carbocycles. The molecule has 1 atom stereocenters. The summed E-state index contributed by atoms with van der Waals surface area (Å²) in [5.74, 6) is 1.71. The lowest BCUT2D eigenvalue weighted by atomic mass is 10.3. The molecule has 3 rings (SSSR count). The number of ether oxygens (including phenoxy) is 1. The van der Waals surface area contributed by atoms with Crippen molar-refractivity contribution in [3.8, 4) is 5.75 Å². The third-order valence-corrected chi connectivity index (χ3v) is 4.63. The Bertz CT molecular complexity index is 776. The second-order valence-corrected chi connectivity index (χ2v) is 7.07. The van der Waals surface area contributed by atoms with Crippen LogP contribution in [0.25, 0.3) is 11.0 Å². The molecule has 0 saturated carbocycles. The third kappa shape index (κ3) is 2.78. The van der Waals surface area contributed by atoms with Crippen molar-refractivity contribution in [3.05, 3.63) is 45.9 Å². The Morgan fingerprint density at radius 2 is 2.14 bits per heavy atom. The minimum absolute atomic E-state index is 0.135. The van der Waals surface area contributed by atoms with Crippen LogP contribution in [-0.4, -0.2) is 16.7 Å². The van der Waals surface area contributed by atoms with Crippen molar-refractivity contribution in [1.82, 2.24) is 9.55 Å². The van der Waals surface area contributed by atoms with Crippen molar-refractivity contribution >= 4 is 34.0 Å². The van der Waals surface area contributed by atoms with E-state index >= 15 is 0 Å². The van der Waals surface area contributed by atoms with Gasteiger partial charge in [-0.3, -0.25) is 0 Å². The number of halogens is 1. The first-order chi connectivity index (χ1) is 10.1. The van der Waals surface area contributed by atoms with Crippen LogP contribution >= 0.6 is 22.9 Å². The van der Waals surface area contributed by atoms with E-state index in [4.69, 9.17) is 16.3 Å². The molecule has 1 unspecified atom stereocenters. The predicted molar refractivity (Wildman–Crippen MR) is 88.7 cm³/mol. The number of hydrogen-bond acceptors (Lipinski definition) is 3. The monoisotopic (exact) mass is 320 g/mol. The van der Waals surface area contributed by atoms with Crippen molar-refractivity contribution in [2.24, 2.45) is 0 Å². The molecule has 0 bridgehead atoms. The van der Waals surface area contributed by atoms with Crippen molar-refractivity contribution in [2.45, 2.75) is 25.8 Å². The van der Waals surface area contributed by atoms with E-state index in [-0.39, 0.29) is 5.38 Å². The third-order valence-electron chi connectivity index (χ3n) is 3.45. The lowest BCUT2D eigenvalue weighted by molar-refractivity contribution is 0.415. The summed E-state index contributed by atoms with van der Waals surface area (Å²) in [6.07, 6.45) is 0. The molecule has 3 aromatic rings. The van der Waals surface area contributed by atoms with Gasteiger partial charge in [0.1, 0.15) is 11.6 Å². The van der Waals surface area contributed by atoms with Gasteiger partial charge >= 0.3 is 0 Å². The summed E-state index contributed by atoms with van der Waals surface area (Å²) in [5.41, 5.74) is 2.01. The average Bonchev–Trinajstić information content (AvgIpc) is 3.03. The Kier molecular flexibility index (Phi) is 3.91. The van der Waals surface area contributed by atoms with Crippen molar-refractivity contribution < 1.29 is 4.74 Å². The van der Waals surface area contributed by atoms with E-state index in [0.29, 0.717) is 0 Å². The Morgan fingerprint density at radius 3 is 2.76 bits per heavy atom. The fourth-order valence-electron chi connectivity index (χ4n) is 2.45. The fourth-order valence-corrected chi connectivity index (χ4v) is 3.50. The normalized spacial score (nSPS) is 12.8. The summed E-state index contributed by atoms with van der Waals surface area (Å²) in [7, 11) is 1.66. The number of thiophene rings is 1. The van der Waals surface area contributed by atoms with Gasteiger partial charge < -0.3 is 9.30 Å². The summed E-state index contributed by atoms with van der Waals surface area (Å²) in [6, 6.07) is 10.3. The molecule has 21 heavy (non-hydrogen) atoms. The van der Waals surface area contributed by atoms with E-state index in [9.17, 15) is 0 Å². The molecular weight excluding hydrogens is 304 g/mol. The van der Waals surface area contributed by atoms with Gasteiger partial charge in [0.25, 0.3) is 0 Å². The number of rotatable bonds is 4. The van der Waals surface area contributed by atoms with Crippen LogP contribution in [0.4, 0.5) is 0 Å². The Hall–Kier alpha value is -1.52. The molecule has 2 aromatic heterocycles. The number of benzene rings is 1. The molecule has 5 heteroatoms. The molecule has 0 amide bonds. The smallest absolute Gasteiger partial charge is 0.128 e. The highest BCUT2D eigenvalue weighted by molar-refractivity contribution is 7.11. The molecule has 0 radical (unpaired) electrons. The number of aromatic nitrogens is 2. The number of nitrogens with zero attached hydrogens (tertiary/aromatic N) is 2. The van der Waals surface area contributed by atoms with Crippen LogP contribution < -0.4 is 4.74 Å². The summed E-state index contributed by atoms with van der Waals surface area (Å²) in [6.45, 7) is 4.88. The first kappa shape index (κ1) is 14.4. The van der Waals surface area contributed by atoms with E-state index in [1.165, 1.54) is 9.75 Å². The van der Waals surface area contributed by atoms with Gasteiger partial charge in [-0.15, -0.1) is 22.9 Å². The van der Waals surface area contributed by atoms with E-state index in [0.717, 1.165) is 29.2 Å². The predicted octanol–water partition coefficient (Wildman–Crippen LogP) is 4.76. The minimum atomic E-state index is -0.135. The van der Waals surface area contributed by atoms with Gasteiger partial charge in [-0.05, 0) is 38.1 Å². The maximum absolute atomic E-state index is 6.31. The molecule has 0 N–H and O–H groups in total. The highest BCUT2D eigenvalue weighted by Crippen LogP contribution is 2.29. The highest BCUT2D eigenvalue weighted by Gasteiger charge is 2.16. The number of aryl methyl sites for hydroxylation is 1. The van der Waals surface area contributed by atoms with Crippen LogP contribution in [0, 0.1) is 6.92 Å². The van der Waals surface area contributed by atoms with Crippen LogP contribution in [0.1, 0.15) is 27.9 Å². The Labute approximate surface area is 133 Å². The summed E-state index contributed by atoms with van der Waals surface area (Å²) in [5, 5.41) is -0.135. The second-order valence-electron chi connectivity index (χ2n) is 5.04. The van der Waals surface area contributed by atoms with Crippen molar-refractivity contribution in [3.63, 3.8) is 0 Å². The number of imidazole rings is 1. The number of methoxy groups -OCH3 is 1. The van der Waals surface area contributed by atoms with Crippen LogP contribution in [0.2, 0.25) is 0 Å². The zero-order chi connectivity index (χ0) is 15.0. The van der Waals surface area contributed by atoms with Crippen LogP contribution in [0.3, 0.4) is 0 Å². The van der Waals surface area contributed by atoms with Gasteiger partial charge in [0.15, 0.2) is 0 Å². The maximum atomic E-state index is 6.31. The largest absolute Gasteiger partial charge is 0.497 e. The molecule has 0 saturated heterocycles. The zero-order valence-corrected chi connectivity index (χ0v) is 13.8. The van der Waals surface area contributed by atoms with Gasteiger partial charge in [0.2, 0.25) is 0 Å². The molecule has 1 aromatic carbocycles. The van der Waals surface area contributed by atoms with Gasteiger partial charge in [-0.25, -0.2) is 4.98 Å². The first-order valence-corrected chi connectivity index (χ1v) is 8.07. The van der Waals surface area contributed by atoms with E-state index in [1.807, 2.05) is 25.1 Å². The maximum Gasteiger partial charge on any atom is 0.128 e. The van der Waals surface area contributed by atoms with Gasteiger partial charge in [-0.1, -0.05) is 0 Å². The number of alkyl halides is 1. The number of hydrogen-bond donors (Lipinski definition) is 0. The first-order valence-electron chi connectivity index (χ1n) is 6.82. The van der Waals surface area contributed by atoms with Crippen molar-refractivity contribution in [2.75, 3.05) is 7.11 Å². The standard InChI is InChI=1S/C16H17ClN2OS/c1-10-4-6-13(21-10)9-19-15-7-5-12(20-3)8-14(15)18-16(19)11(2)17/h4-8,11H,9H2,1-3H3. The fraction of sp³-hybridized carbons (Fsp3) is 0.312. The van der Waals surface area contributed by atoms with Crippen molar-refractivity contribution in [1.29, 1.82) is 0 Å². The van der Waals surface area contributed by atoms with Crippen LogP contribution in [-0.2, 0) is 6.54 Å². The van der Waals surface area contributed by atoms with Gasteiger partial charge in [-0.2, -0.15) is 0 Å². The van der Waals surface area contributed by atoms with E-state index < -0.39 is 0 Å². The minimum Gasteiger partial charge on any atom is -0.497 e. The average molecular weight is 321 g/mol. The molecule has 110 valence electrons. The highest BCUT2D eigenvalue weighted by atomic mass is 35.5. The summed E-state index contributed by atoms with van der Waals surface area (Å²) in [4.78, 5) is 7.30. The number of fused-ring (bicyclic) bond motifs is 1. The second kappa shape index (κ2) is 5.70. The van der Waals surface area contributed by atoms with Crippen LogP contribution in [0.15, 0.2) is 30.3 Å². The molecule has 0 aliphatic rings. The SMILES string of the molecule is COc1ccc2c(c1)nc(C(C)Cl)n2Cc1ccc(C)s1. The molecule has 2 heterocycles. The molecule has 0 spiro atoms. The Balaban J connectivity index is 2.11. The molecular formula is C16H17ClN2OS. The topological polar surface area (TPSA) is 27.1 Å². The quantitative estimate of drug-likeness (QED) is 0.648. The lowest BCUT2D eigenvalue weighted by Crippen LogP contribution is -2.04. The van der Waals surface area contributed by atoms with E-state index in [2.05, 4.69) is 28.6 Å². The summed E-state index contributed by atoms with van der Waals surface area (Å²) >= 11 is 8.12. The summed E-state index contributed by atoms with van der Waals surface area (Å²) < 4.78 is 7.47. The zero-order valence-electron chi connectivity index (χ0n) is 12.3. The van der Waals surface area contributed by atoms with Gasteiger partial charge in [0.05, 0.1) is 30.1 Å².